The van der Waals surface area contributed by atoms with Crippen molar-refractivity contribution in [2.75, 3.05) is 29.9 Å². The zero-order chi connectivity index (χ0) is 24.4. The number of hydrogen-bond acceptors (Lipinski definition) is 6. The lowest BCUT2D eigenvalue weighted by Gasteiger charge is -2.33. The molecular formula is C27H34BrN5O2. The number of rotatable bonds is 7. The minimum absolute atomic E-state index is 0.00367. The molecule has 186 valence electrons. The van der Waals surface area contributed by atoms with Crippen molar-refractivity contribution in [3.8, 4) is 0 Å². The van der Waals surface area contributed by atoms with Gasteiger partial charge in [-0.3, -0.25) is 9.36 Å². The number of fused-ring (bicyclic) bond motifs is 1. The molecule has 0 radical (unpaired) electrons. The van der Waals surface area contributed by atoms with Gasteiger partial charge >= 0.3 is 0 Å². The van der Waals surface area contributed by atoms with E-state index in [0.29, 0.717) is 22.7 Å². The first-order valence-electron chi connectivity index (χ1n) is 12.9. The normalized spacial score (nSPS) is 17.4. The monoisotopic (exact) mass is 539 g/mol. The second-order valence-electron chi connectivity index (χ2n) is 9.95. The van der Waals surface area contributed by atoms with Gasteiger partial charge in [-0.25, -0.2) is 4.98 Å². The van der Waals surface area contributed by atoms with Crippen LogP contribution in [0.5, 0.6) is 0 Å². The molecule has 1 saturated carbocycles. The molecular weight excluding hydrogens is 506 g/mol. The van der Waals surface area contributed by atoms with Crippen LogP contribution in [-0.4, -0.2) is 39.3 Å². The van der Waals surface area contributed by atoms with Crippen LogP contribution in [0.2, 0.25) is 0 Å². The minimum Gasteiger partial charge on any atom is -0.396 e. The van der Waals surface area contributed by atoms with Crippen molar-refractivity contribution in [2.45, 2.75) is 64.3 Å². The van der Waals surface area contributed by atoms with Crippen molar-refractivity contribution in [1.29, 1.82) is 0 Å². The van der Waals surface area contributed by atoms with E-state index in [-0.39, 0.29) is 11.6 Å². The Morgan fingerprint density at radius 1 is 1.11 bits per heavy atom. The van der Waals surface area contributed by atoms with Gasteiger partial charge in [-0.2, -0.15) is 4.98 Å². The molecule has 2 aromatic heterocycles. The predicted molar refractivity (Wildman–Crippen MR) is 145 cm³/mol. The van der Waals surface area contributed by atoms with Gasteiger partial charge in [0.1, 0.15) is 5.65 Å². The molecule has 1 aliphatic carbocycles. The highest BCUT2D eigenvalue weighted by atomic mass is 79.9. The second-order valence-corrected chi connectivity index (χ2v) is 10.7. The molecule has 0 bridgehead atoms. The SMILES string of the molecule is Cc1c(Br)c(=O)n(C2CCCC2)c2nc(Nc3ccc(N4CCC(CCCO)CC4)cc3)ncc12. The molecule has 0 amide bonds. The second kappa shape index (κ2) is 10.7. The van der Waals surface area contributed by atoms with Gasteiger partial charge in [0.05, 0.1) is 4.47 Å². The first-order chi connectivity index (χ1) is 17.0. The van der Waals surface area contributed by atoms with E-state index in [0.717, 1.165) is 74.2 Å². The minimum atomic E-state index is -0.00367. The molecule has 0 atom stereocenters. The van der Waals surface area contributed by atoms with E-state index in [1.54, 1.807) is 0 Å². The summed E-state index contributed by atoms with van der Waals surface area (Å²) in [5.74, 6) is 1.23. The Labute approximate surface area is 214 Å². The lowest BCUT2D eigenvalue weighted by Crippen LogP contribution is -2.33. The van der Waals surface area contributed by atoms with Crippen LogP contribution in [0.25, 0.3) is 11.0 Å². The molecule has 2 fully saturated rings. The van der Waals surface area contributed by atoms with Crippen LogP contribution in [0.4, 0.5) is 17.3 Å². The Kier molecular flexibility index (Phi) is 7.39. The molecule has 7 nitrogen and oxygen atoms in total. The zero-order valence-corrected chi connectivity index (χ0v) is 21.9. The van der Waals surface area contributed by atoms with Gasteiger partial charge in [0.25, 0.3) is 5.56 Å². The highest BCUT2D eigenvalue weighted by Gasteiger charge is 2.24. The van der Waals surface area contributed by atoms with Gasteiger partial charge in [-0.05, 0) is 97.1 Å². The summed E-state index contributed by atoms with van der Waals surface area (Å²) in [6, 6.07) is 8.62. The molecule has 8 heteroatoms. The summed E-state index contributed by atoms with van der Waals surface area (Å²) in [7, 11) is 0. The molecule has 3 heterocycles. The Bertz CT molecular complexity index is 1230. The number of nitrogens with one attached hydrogen (secondary N) is 1. The van der Waals surface area contributed by atoms with Crippen LogP contribution in [-0.2, 0) is 0 Å². The van der Waals surface area contributed by atoms with Crippen LogP contribution in [0.15, 0.2) is 39.7 Å². The average Bonchev–Trinajstić information content (AvgIpc) is 3.41. The fourth-order valence-electron chi connectivity index (χ4n) is 5.61. The Morgan fingerprint density at radius 3 is 2.51 bits per heavy atom. The fourth-order valence-corrected chi connectivity index (χ4v) is 6.01. The first kappa shape index (κ1) is 24.3. The third-order valence-corrected chi connectivity index (χ3v) is 8.63. The van der Waals surface area contributed by atoms with Crippen molar-refractivity contribution in [3.05, 3.63) is 50.9 Å². The third kappa shape index (κ3) is 5.09. The molecule has 1 aliphatic heterocycles. The number of nitrogens with zero attached hydrogens (tertiary/aromatic N) is 4. The summed E-state index contributed by atoms with van der Waals surface area (Å²) in [4.78, 5) is 25.0. The van der Waals surface area contributed by atoms with E-state index in [4.69, 9.17) is 10.1 Å². The summed E-state index contributed by atoms with van der Waals surface area (Å²) >= 11 is 3.51. The quantitative estimate of drug-likeness (QED) is 0.400. The van der Waals surface area contributed by atoms with E-state index < -0.39 is 0 Å². The van der Waals surface area contributed by atoms with E-state index >= 15 is 0 Å². The van der Waals surface area contributed by atoms with Gasteiger partial charge in [0, 0.05) is 48.7 Å². The Hall–Kier alpha value is -2.45. The van der Waals surface area contributed by atoms with Crippen LogP contribution < -0.4 is 15.8 Å². The number of aryl methyl sites for hydroxylation is 1. The topological polar surface area (TPSA) is 83.3 Å². The van der Waals surface area contributed by atoms with Crippen LogP contribution in [0.3, 0.4) is 0 Å². The van der Waals surface area contributed by atoms with E-state index in [9.17, 15) is 4.79 Å². The summed E-state index contributed by atoms with van der Waals surface area (Å²) < 4.78 is 2.48. The largest absolute Gasteiger partial charge is 0.396 e. The van der Waals surface area contributed by atoms with Crippen molar-refractivity contribution in [2.24, 2.45) is 5.92 Å². The number of aliphatic hydroxyl groups is 1. The van der Waals surface area contributed by atoms with Gasteiger partial charge in [0.2, 0.25) is 5.95 Å². The van der Waals surface area contributed by atoms with Crippen LogP contribution in [0, 0.1) is 12.8 Å². The highest BCUT2D eigenvalue weighted by Crippen LogP contribution is 2.33. The number of benzene rings is 1. The van der Waals surface area contributed by atoms with E-state index in [1.165, 1.54) is 18.5 Å². The van der Waals surface area contributed by atoms with Gasteiger partial charge in [-0.15, -0.1) is 0 Å². The number of halogens is 1. The maximum absolute atomic E-state index is 13.1. The average molecular weight is 541 g/mol. The number of aliphatic hydroxyl groups excluding tert-OH is 1. The maximum atomic E-state index is 13.1. The molecule has 1 aromatic carbocycles. The van der Waals surface area contributed by atoms with Crippen molar-refractivity contribution in [3.63, 3.8) is 0 Å². The maximum Gasteiger partial charge on any atom is 0.267 e. The van der Waals surface area contributed by atoms with E-state index in [2.05, 4.69) is 55.4 Å². The van der Waals surface area contributed by atoms with Gasteiger partial charge in [0.15, 0.2) is 0 Å². The van der Waals surface area contributed by atoms with Crippen molar-refractivity contribution >= 4 is 44.3 Å². The number of anilines is 3. The number of pyridine rings is 1. The van der Waals surface area contributed by atoms with Crippen molar-refractivity contribution < 1.29 is 5.11 Å². The van der Waals surface area contributed by atoms with Crippen LogP contribution in [0.1, 0.15) is 63.0 Å². The molecule has 2 N–H and O–H groups in total. The molecule has 5 rings (SSSR count). The Morgan fingerprint density at radius 2 is 1.83 bits per heavy atom. The molecule has 0 unspecified atom stereocenters. The van der Waals surface area contributed by atoms with Gasteiger partial charge in [-0.1, -0.05) is 12.8 Å². The number of hydrogen-bond donors (Lipinski definition) is 2. The smallest absolute Gasteiger partial charge is 0.267 e. The summed E-state index contributed by atoms with van der Waals surface area (Å²) in [6.07, 6.45) is 10.5. The van der Waals surface area contributed by atoms with E-state index in [1.807, 2.05) is 17.7 Å². The predicted octanol–water partition coefficient (Wildman–Crippen LogP) is 5.71. The highest BCUT2D eigenvalue weighted by molar-refractivity contribution is 9.10. The van der Waals surface area contributed by atoms with Crippen LogP contribution >= 0.6 is 15.9 Å². The molecule has 1 saturated heterocycles. The molecule has 2 aliphatic rings. The first-order valence-corrected chi connectivity index (χ1v) is 13.6. The fraction of sp³-hybridized carbons (Fsp3) is 0.519. The number of piperidine rings is 1. The van der Waals surface area contributed by atoms with Crippen molar-refractivity contribution in [1.82, 2.24) is 14.5 Å². The summed E-state index contributed by atoms with van der Waals surface area (Å²) in [6.45, 7) is 4.36. The molecule has 35 heavy (non-hydrogen) atoms. The van der Waals surface area contributed by atoms with Gasteiger partial charge < -0.3 is 15.3 Å². The standard InChI is InChI=1S/C27H34BrN5O2/c1-18-23-17-29-27(31-25(23)33(26(35)24(18)28)22-6-2-3-7-22)30-20-8-10-21(11-9-20)32-14-12-19(13-15-32)5-4-16-34/h8-11,17,19,22,34H,2-7,12-16H2,1H3,(H,29,30,31). The molecule has 3 aromatic rings. The summed E-state index contributed by atoms with van der Waals surface area (Å²) in [5.41, 5.74) is 3.74. The lowest BCUT2D eigenvalue weighted by molar-refractivity contribution is 0.261. The molecule has 0 spiro atoms. The number of aromatic nitrogens is 3. The Balaban J connectivity index is 1.34. The zero-order valence-electron chi connectivity index (χ0n) is 20.3. The summed E-state index contributed by atoms with van der Waals surface area (Å²) in [5, 5.41) is 13.3. The lowest BCUT2D eigenvalue weighted by atomic mass is 9.92. The third-order valence-electron chi connectivity index (χ3n) is 7.70.